The zero-order valence-electron chi connectivity index (χ0n) is 11.3. The summed E-state index contributed by atoms with van der Waals surface area (Å²) in [5, 5.41) is 9.33. The van der Waals surface area contributed by atoms with Crippen LogP contribution in [0.5, 0.6) is 5.75 Å². The zero-order chi connectivity index (χ0) is 14.0. The molecule has 1 N–H and O–H groups in total. The number of nitrogens with zero attached hydrogens (tertiary/aromatic N) is 2. The fourth-order valence-electron chi connectivity index (χ4n) is 2.12. The number of aryl methyl sites for hydroxylation is 1. The number of hydrogen-bond acceptors (Lipinski definition) is 3. The smallest absolute Gasteiger partial charge is 0.141 e. The normalized spacial score (nSPS) is 10.8. The maximum atomic E-state index is 9.33. The molecular formula is C14H17BrN2O2. The topological polar surface area (TPSA) is 47.3 Å². The van der Waals surface area contributed by atoms with E-state index in [9.17, 15) is 5.11 Å². The summed E-state index contributed by atoms with van der Waals surface area (Å²) in [6, 6.07) is 6.01. The molecule has 1 heterocycles. The van der Waals surface area contributed by atoms with Gasteiger partial charge in [0.1, 0.15) is 16.2 Å². The lowest BCUT2D eigenvalue weighted by molar-refractivity contribution is 0.272. The molecule has 2 rings (SSSR count). The van der Waals surface area contributed by atoms with Crippen LogP contribution in [0.25, 0.3) is 11.4 Å². The number of halogens is 1. The summed E-state index contributed by atoms with van der Waals surface area (Å²) in [7, 11) is 3.57. The number of aliphatic hydroxyl groups excluding tert-OH is 1. The lowest BCUT2D eigenvalue weighted by Gasteiger charge is -2.09. The van der Waals surface area contributed by atoms with Gasteiger partial charge in [0.05, 0.1) is 19.4 Å². The molecule has 0 unspecified atom stereocenters. The minimum absolute atomic E-state index is 0.0408. The Hall–Kier alpha value is -1.33. The summed E-state index contributed by atoms with van der Waals surface area (Å²) < 4.78 is 7.91. The van der Waals surface area contributed by atoms with Gasteiger partial charge in [-0.1, -0.05) is 6.92 Å². The fraction of sp³-hybridized carbons (Fsp3) is 0.357. The zero-order valence-corrected chi connectivity index (χ0v) is 12.9. The molecule has 0 bridgehead atoms. The largest absolute Gasteiger partial charge is 0.496 e. The Morgan fingerprint density at radius 2 is 2.16 bits per heavy atom. The number of ether oxygens (including phenoxy) is 1. The van der Waals surface area contributed by atoms with Gasteiger partial charge in [-0.3, -0.25) is 0 Å². The third-order valence-corrected chi connectivity index (χ3v) is 3.87. The van der Waals surface area contributed by atoms with Gasteiger partial charge in [0.15, 0.2) is 0 Å². The summed E-state index contributed by atoms with van der Waals surface area (Å²) in [5.41, 5.74) is 2.93. The minimum atomic E-state index is -0.0408. The van der Waals surface area contributed by atoms with Crippen molar-refractivity contribution in [3.05, 3.63) is 34.1 Å². The summed E-state index contributed by atoms with van der Waals surface area (Å²) in [6.07, 6.45) is 0.898. The van der Waals surface area contributed by atoms with Crippen LogP contribution in [-0.2, 0) is 20.1 Å². The van der Waals surface area contributed by atoms with Crippen molar-refractivity contribution in [1.29, 1.82) is 0 Å². The van der Waals surface area contributed by atoms with Crippen molar-refractivity contribution in [2.45, 2.75) is 20.0 Å². The molecule has 0 atom stereocenters. The number of aromatic nitrogens is 2. The minimum Gasteiger partial charge on any atom is -0.496 e. The number of benzene rings is 1. The van der Waals surface area contributed by atoms with Crippen LogP contribution in [0.3, 0.4) is 0 Å². The molecule has 2 aromatic rings. The Bertz CT molecular complexity index is 593. The van der Waals surface area contributed by atoms with E-state index in [4.69, 9.17) is 4.74 Å². The Morgan fingerprint density at radius 3 is 2.68 bits per heavy atom. The van der Waals surface area contributed by atoms with Crippen molar-refractivity contribution < 1.29 is 9.84 Å². The molecule has 102 valence electrons. The number of methoxy groups -OCH3 is 1. The Labute approximate surface area is 121 Å². The standard InChI is InChI=1S/C14H17BrN2O2/c1-4-9-7-10(5-6-12(9)19-3)14-16-13(15)11(8-18)17(14)2/h5-7,18H,4,8H2,1-3H3. The first kappa shape index (κ1) is 14.1. The van der Waals surface area contributed by atoms with Gasteiger partial charge in [-0.15, -0.1) is 0 Å². The fourth-order valence-corrected chi connectivity index (χ4v) is 2.68. The third-order valence-electron chi connectivity index (χ3n) is 3.23. The molecule has 0 spiro atoms. The maximum Gasteiger partial charge on any atom is 0.141 e. The molecule has 0 radical (unpaired) electrons. The summed E-state index contributed by atoms with van der Waals surface area (Å²) >= 11 is 3.37. The van der Waals surface area contributed by atoms with E-state index in [0.717, 1.165) is 34.8 Å². The van der Waals surface area contributed by atoms with E-state index < -0.39 is 0 Å². The van der Waals surface area contributed by atoms with Crippen molar-refractivity contribution in [1.82, 2.24) is 9.55 Å². The van der Waals surface area contributed by atoms with Crippen molar-refractivity contribution in [2.24, 2.45) is 7.05 Å². The van der Waals surface area contributed by atoms with E-state index >= 15 is 0 Å². The highest BCUT2D eigenvalue weighted by Gasteiger charge is 2.14. The van der Waals surface area contributed by atoms with Gasteiger partial charge < -0.3 is 14.4 Å². The van der Waals surface area contributed by atoms with Gasteiger partial charge in [-0.25, -0.2) is 4.98 Å². The van der Waals surface area contributed by atoms with E-state index in [0.29, 0.717) is 4.60 Å². The van der Waals surface area contributed by atoms with Gasteiger partial charge in [-0.2, -0.15) is 0 Å². The molecule has 0 fully saturated rings. The number of hydrogen-bond donors (Lipinski definition) is 1. The van der Waals surface area contributed by atoms with Gasteiger partial charge >= 0.3 is 0 Å². The van der Waals surface area contributed by atoms with Crippen LogP contribution in [0.4, 0.5) is 0 Å². The van der Waals surface area contributed by atoms with Crippen LogP contribution in [0.1, 0.15) is 18.2 Å². The molecule has 0 saturated heterocycles. The average Bonchev–Trinajstić information content (AvgIpc) is 2.72. The van der Waals surface area contributed by atoms with Gasteiger partial charge in [-0.05, 0) is 46.1 Å². The Kier molecular flexibility index (Phi) is 4.27. The van der Waals surface area contributed by atoms with Crippen LogP contribution in [0.15, 0.2) is 22.8 Å². The molecule has 0 aliphatic heterocycles. The van der Waals surface area contributed by atoms with Crippen LogP contribution in [-0.4, -0.2) is 21.8 Å². The first-order valence-corrected chi connectivity index (χ1v) is 6.90. The second-order valence-corrected chi connectivity index (χ2v) is 5.02. The predicted molar refractivity (Wildman–Crippen MR) is 78.2 cm³/mol. The average molecular weight is 325 g/mol. The Balaban J connectivity index is 2.53. The quantitative estimate of drug-likeness (QED) is 0.940. The van der Waals surface area contributed by atoms with Gasteiger partial charge in [0.2, 0.25) is 0 Å². The molecule has 0 saturated carbocycles. The van der Waals surface area contributed by atoms with Crippen LogP contribution in [0.2, 0.25) is 0 Å². The molecule has 0 amide bonds. The highest BCUT2D eigenvalue weighted by atomic mass is 79.9. The first-order valence-electron chi connectivity index (χ1n) is 6.11. The molecule has 0 aliphatic rings. The van der Waals surface area contributed by atoms with E-state index in [-0.39, 0.29) is 6.61 Å². The molecule has 1 aromatic heterocycles. The lowest BCUT2D eigenvalue weighted by Crippen LogP contribution is -1.99. The van der Waals surface area contributed by atoms with E-state index in [1.54, 1.807) is 7.11 Å². The summed E-state index contributed by atoms with van der Waals surface area (Å²) in [6.45, 7) is 2.05. The second kappa shape index (κ2) is 5.75. The van der Waals surface area contributed by atoms with Crippen LogP contribution in [0, 0.1) is 0 Å². The van der Waals surface area contributed by atoms with Crippen molar-refractivity contribution >= 4 is 15.9 Å². The monoisotopic (exact) mass is 324 g/mol. The highest BCUT2D eigenvalue weighted by molar-refractivity contribution is 9.10. The number of imidazole rings is 1. The van der Waals surface area contributed by atoms with Crippen molar-refractivity contribution in [3.63, 3.8) is 0 Å². The first-order chi connectivity index (χ1) is 9.12. The van der Waals surface area contributed by atoms with Gasteiger partial charge in [0, 0.05) is 12.6 Å². The molecule has 5 heteroatoms. The molecule has 19 heavy (non-hydrogen) atoms. The molecular weight excluding hydrogens is 308 g/mol. The molecule has 4 nitrogen and oxygen atoms in total. The molecule has 0 aliphatic carbocycles. The Morgan fingerprint density at radius 1 is 1.42 bits per heavy atom. The SMILES string of the molecule is CCc1cc(-c2nc(Br)c(CO)n2C)ccc1OC. The summed E-state index contributed by atoms with van der Waals surface area (Å²) in [5.74, 6) is 1.72. The lowest BCUT2D eigenvalue weighted by atomic mass is 10.1. The van der Waals surface area contributed by atoms with Crippen molar-refractivity contribution in [3.8, 4) is 17.1 Å². The van der Waals surface area contributed by atoms with E-state index in [1.807, 2.05) is 23.7 Å². The third kappa shape index (κ3) is 2.53. The highest BCUT2D eigenvalue weighted by Crippen LogP contribution is 2.29. The predicted octanol–water partition coefficient (Wildman–Crippen LogP) is 2.91. The van der Waals surface area contributed by atoms with Gasteiger partial charge in [0.25, 0.3) is 0 Å². The maximum absolute atomic E-state index is 9.33. The van der Waals surface area contributed by atoms with Crippen LogP contribution >= 0.6 is 15.9 Å². The molecule has 1 aromatic carbocycles. The number of rotatable bonds is 4. The summed E-state index contributed by atoms with van der Waals surface area (Å²) in [4.78, 5) is 4.46. The van der Waals surface area contributed by atoms with Crippen LogP contribution < -0.4 is 4.74 Å². The number of aliphatic hydroxyl groups is 1. The second-order valence-electron chi connectivity index (χ2n) is 4.27. The van der Waals surface area contributed by atoms with E-state index in [2.05, 4.69) is 33.9 Å². The van der Waals surface area contributed by atoms with E-state index in [1.165, 1.54) is 0 Å². The van der Waals surface area contributed by atoms with Crippen molar-refractivity contribution in [2.75, 3.05) is 7.11 Å².